The molecule has 0 bridgehead atoms. The van der Waals surface area contributed by atoms with E-state index in [1.54, 1.807) is 24.2 Å². The van der Waals surface area contributed by atoms with Crippen LogP contribution in [0.15, 0.2) is 30.5 Å². The van der Waals surface area contributed by atoms with Gasteiger partial charge in [0.05, 0.1) is 22.6 Å². The third-order valence-corrected chi connectivity index (χ3v) is 3.34. The minimum Gasteiger partial charge on any atom is -0.397 e. The zero-order valence-corrected chi connectivity index (χ0v) is 10.5. The van der Waals surface area contributed by atoms with E-state index in [-0.39, 0.29) is 5.91 Å². The van der Waals surface area contributed by atoms with E-state index in [2.05, 4.69) is 4.98 Å². The largest absolute Gasteiger partial charge is 0.397 e. The summed E-state index contributed by atoms with van der Waals surface area (Å²) in [6, 6.07) is 7.29. The number of para-hydroxylation sites is 2. The van der Waals surface area contributed by atoms with Crippen LogP contribution in [0.4, 0.5) is 11.4 Å². The molecule has 0 saturated carbocycles. The zero-order valence-electron chi connectivity index (χ0n) is 9.68. The molecule has 1 amide bonds. The summed E-state index contributed by atoms with van der Waals surface area (Å²) in [5, 5.41) is 0.878. The molecule has 0 aliphatic rings. The van der Waals surface area contributed by atoms with Gasteiger partial charge in [-0.2, -0.15) is 0 Å². The fourth-order valence-corrected chi connectivity index (χ4v) is 2.28. The molecule has 0 radical (unpaired) electrons. The zero-order chi connectivity index (χ0) is 12.4. The van der Waals surface area contributed by atoms with Crippen LogP contribution in [0.3, 0.4) is 0 Å². The van der Waals surface area contributed by atoms with Crippen LogP contribution in [0.25, 0.3) is 0 Å². The first kappa shape index (κ1) is 11.6. The van der Waals surface area contributed by atoms with Crippen molar-refractivity contribution < 1.29 is 4.79 Å². The first-order valence-electron chi connectivity index (χ1n) is 5.14. The van der Waals surface area contributed by atoms with E-state index in [4.69, 9.17) is 5.73 Å². The Morgan fingerprint density at radius 1 is 1.41 bits per heavy atom. The first-order chi connectivity index (χ1) is 8.09. The summed E-state index contributed by atoms with van der Waals surface area (Å²) in [7, 11) is 1.71. The van der Waals surface area contributed by atoms with Gasteiger partial charge in [-0.05, 0) is 19.1 Å². The molecule has 17 heavy (non-hydrogen) atoms. The Morgan fingerprint density at radius 3 is 2.71 bits per heavy atom. The summed E-state index contributed by atoms with van der Waals surface area (Å²) in [5.74, 6) is -0.0894. The lowest BCUT2D eigenvalue weighted by Crippen LogP contribution is -2.26. The third-order valence-electron chi connectivity index (χ3n) is 2.43. The van der Waals surface area contributed by atoms with Gasteiger partial charge in [0.2, 0.25) is 0 Å². The van der Waals surface area contributed by atoms with E-state index in [9.17, 15) is 4.79 Å². The highest BCUT2D eigenvalue weighted by atomic mass is 32.1. The van der Waals surface area contributed by atoms with Crippen molar-refractivity contribution in [3.63, 3.8) is 0 Å². The second-order valence-corrected chi connectivity index (χ2v) is 4.90. The number of thiazole rings is 1. The summed E-state index contributed by atoms with van der Waals surface area (Å²) in [6.45, 7) is 1.87. The van der Waals surface area contributed by atoms with Gasteiger partial charge < -0.3 is 10.6 Å². The quantitative estimate of drug-likeness (QED) is 0.828. The Bertz CT molecular complexity index is 550. The molecule has 1 heterocycles. The van der Waals surface area contributed by atoms with E-state index in [0.29, 0.717) is 16.3 Å². The number of nitrogens with two attached hydrogens (primary N) is 1. The molecule has 0 atom stereocenters. The van der Waals surface area contributed by atoms with Gasteiger partial charge in [-0.15, -0.1) is 11.3 Å². The number of nitrogen functional groups attached to an aromatic ring is 1. The number of anilines is 2. The SMILES string of the molecule is Cc1ncc(C(=O)N(C)c2ccccc2N)s1. The van der Waals surface area contributed by atoms with E-state index in [0.717, 1.165) is 5.01 Å². The molecular formula is C12H13N3OS. The Labute approximate surface area is 104 Å². The Morgan fingerprint density at radius 2 is 2.12 bits per heavy atom. The molecule has 0 spiro atoms. The predicted octanol–water partition coefficient (Wildman–Crippen LogP) is 2.31. The number of aromatic nitrogens is 1. The van der Waals surface area contributed by atoms with Crippen molar-refractivity contribution in [2.75, 3.05) is 17.7 Å². The summed E-state index contributed by atoms with van der Waals surface area (Å²) in [5.41, 5.74) is 7.14. The minimum atomic E-state index is -0.0894. The van der Waals surface area contributed by atoms with Crippen molar-refractivity contribution in [3.8, 4) is 0 Å². The summed E-state index contributed by atoms with van der Waals surface area (Å²) >= 11 is 1.38. The highest BCUT2D eigenvalue weighted by molar-refractivity contribution is 7.13. The average molecular weight is 247 g/mol. The lowest BCUT2D eigenvalue weighted by molar-refractivity contribution is 0.0997. The number of amides is 1. The van der Waals surface area contributed by atoms with Crippen LogP contribution in [0.2, 0.25) is 0 Å². The lowest BCUT2D eigenvalue weighted by Gasteiger charge is -2.17. The molecule has 0 aliphatic carbocycles. The summed E-state index contributed by atoms with van der Waals surface area (Å²) in [6.07, 6.45) is 1.60. The highest BCUT2D eigenvalue weighted by Crippen LogP contribution is 2.24. The monoisotopic (exact) mass is 247 g/mol. The Hall–Kier alpha value is -1.88. The Kier molecular flexibility index (Phi) is 3.10. The third kappa shape index (κ3) is 2.29. The van der Waals surface area contributed by atoms with Gasteiger partial charge in [0.25, 0.3) is 5.91 Å². The van der Waals surface area contributed by atoms with Gasteiger partial charge in [-0.1, -0.05) is 12.1 Å². The number of hydrogen-bond donors (Lipinski definition) is 1. The van der Waals surface area contributed by atoms with Crippen molar-refractivity contribution >= 4 is 28.6 Å². The summed E-state index contributed by atoms with van der Waals surface area (Å²) < 4.78 is 0. The summed E-state index contributed by atoms with van der Waals surface area (Å²) in [4.78, 5) is 18.4. The van der Waals surface area contributed by atoms with Crippen molar-refractivity contribution in [3.05, 3.63) is 40.3 Å². The number of nitrogens with zero attached hydrogens (tertiary/aromatic N) is 2. The molecule has 0 aliphatic heterocycles. The van der Waals surface area contributed by atoms with Crippen molar-refractivity contribution in [2.45, 2.75) is 6.92 Å². The number of aryl methyl sites for hydroxylation is 1. The smallest absolute Gasteiger partial charge is 0.269 e. The number of carbonyl (C=O) groups excluding carboxylic acids is 1. The van der Waals surface area contributed by atoms with E-state index in [1.165, 1.54) is 11.3 Å². The molecule has 2 rings (SSSR count). The standard InChI is InChI=1S/C12H13N3OS/c1-8-14-7-11(17-8)12(16)15(2)10-6-4-3-5-9(10)13/h3-7H,13H2,1-2H3. The van der Waals surface area contributed by atoms with Crippen LogP contribution < -0.4 is 10.6 Å². The maximum absolute atomic E-state index is 12.2. The van der Waals surface area contributed by atoms with Crippen molar-refractivity contribution in [2.24, 2.45) is 0 Å². The molecule has 2 N–H and O–H groups in total. The normalized spacial score (nSPS) is 10.2. The van der Waals surface area contributed by atoms with E-state index in [1.807, 2.05) is 25.1 Å². The van der Waals surface area contributed by atoms with Crippen LogP contribution in [-0.4, -0.2) is 17.9 Å². The molecule has 5 heteroatoms. The van der Waals surface area contributed by atoms with Crippen LogP contribution in [0, 0.1) is 6.92 Å². The number of benzene rings is 1. The fraction of sp³-hybridized carbons (Fsp3) is 0.167. The number of carbonyl (C=O) groups is 1. The van der Waals surface area contributed by atoms with Gasteiger partial charge in [0, 0.05) is 7.05 Å². The van der Waals surface area contributed by atoms with Crippen LogP contribution >= 0.6 is 11.3 Å². The molecule has 0 unspecified atom stereocenters. The van der Waals surface area contributed by atoms with Crippen LogP contribution in [-0.2, 0) is 0 Å². The molecule has 0 fully saturated rings. The fourth-order valence-electron chi connectivity index (χ4n) is 1.53. The number of rotatable bonds is 2. The van der Waals surface area contributed by atoms with Gasteiger partial charge in [-0.25, -0.2) is 4.98 Å². The molecular weight excluding hydrogens is 234 g/mol. The maximum Gasteiger partial charge on any atom is 0.269 e. The predicted molar refractivity (Wildman–Crippen MR) is 70.4 cm³/mol. The van der Waals surface area contributed by atoms with Gasteiger partial charge >= 0.3 is 0 Å². The molecule has 2 aromatic rings. The topological polar surface area (TPSA) is 59.2 Å². The van der Waals surface area contributed by atoms with Gasteiger partial charge in [0.1, 0.15) is 4.88 Å². The molecule has 1 aromatic heterocycles. The maximum atomic E-state index is 12.2. The minimum absolute atomic E-state index is 0.0894. The highest BCUT2D eigenvalue weighted by Gasteiger charge is 2.17. The van der Waals surface area contributed by atoms with Crippen LogP contribution in [0.5, 0.6) is 0 Å². The second kappa shape index (κ2) is 4.55. The molecule has 0 saturated heterocycles. The molecule has 88 valence electrons. The van der Waals surface area contributed by atoms with E-state index < -0.39 is 0 Å². The van der Waals surface area contributed by atoms with Crippen LogP contribution in [0.1, 0.15) is 14.7 Å². The van der Waals surface area contributed by atoms with E-state index >= 15 is 0 Å². The van der Waals surface area contributed by atoms with Crippen molar-refractivity contribution in [1.82, 2.24) is 4.98 Å². The average Bonchev–Trinajstić information content (AvgIpc) is 2.75. The van der Waals surface area contributed by atoms with Gasteiger partial charge in [-0.3, -0.25) is 4.79 Å². The molecule has 4 nitrogen and oxygen atoms in total. The van der Waals surface area contributed by atoms with Crippen molar-refractivity contribution in [1.29, 1.82) is 0 Å². The first-order valence-corrected chi connectivity index (χ1v) is 5.96. The second-order valence-electron chi connectivity index (χ2n) is 3.67. The lowest BCUT2D eigenvalue weighted by atomic mass is 10.2. The Balaban J connectivity index is 2.29. The van der Waals surface area contributed by atoms with Gasteiger partial charge in [0.15, 0.2) is 0 Å². The number of hydrogen-bond acceptors (Lipinski definition) is 4. The molecule has 1 aromatic carbocycles.